The lowest BCUT2D eigenvalue weighted by Gasteiger charge is -2.08. The first-order chi connectivity index (χ1) is 9.36. The fourth-order valence-electron chi connectivity index (χ4n) is 1.68. The van der Waals surface area contributed by atoms with Gasteiger partial charge in [0.25, 0.3) is 0 Å². The minimum Gasteiger partial charge on any atom is -0.493 e. The summed E-state index contributed by atoms with van der Waals surface area (Å²) in [4.78, 5) is 16.8. The highest BCUT2D eigenvalue weighted by atomic mass is 32.2. The third-order valence-electron chi connectivity index (χ3n) is 2.50. The Labute approximate surface area is 114 Å². The number of nitrogens with zero attached hydrogens (tertiary/aromatic N) is 3. The van der Waals surface area contributed by atoms with Crippen molar-refractivity contribution in [2.75, 3.05) is 6.61 Å². The van der Waals surface area contributed by atoms with Gasteiger partial charge in [0, 0.05) is 0 Å². The molecular formula is C13H12N4OS. The van der Waals surface area contributed by atoms with E-state index in [4.69, 9.17) is 4.74 Å². The Morgan fingerprint density at radius 1 is 1.26 bits per heavy atom. The van der Waals surface area contributed by atoms with Crippen LogP contribution in [-0.2, 0) is 0 Å². The SMILES string of the molecule is CCOc1ccccc1Sc1ncc2[nH]cnc2n1. The molecule has 96 valence electrons. The predicted octanol–water partition coefficient (Wildman–Crippen LogP) is 2.90. The van der Waals surface area contributed by atoms with Gasteiger partial charge in [0.15, 0.2) is 10.8 Å². The lowest BCUT2D eigenvalue weighted by Crippen LogP contribution is -1.94. The maximum Gasteiger partial charge on any atom is 0.194 e. The minimum absolute atomic E-state index is 0.636. The first kappa shape index (κ1) is 12.0. The van der Waals surface area contributed by atoms with E-state index in [9.17, 15) is 0 Å². The van der Waals surface area contributed by atoms with Crippen molar-refractivity contribution in [3.8, 4) is 5.75 Å². The Morgan fingerprint density at radius 2 is 2.16 bits per heavy atom. The number of fused-ring (bicyclic) bond motifs is 1. The molecule has 0 fully saturated rings. The molecule has 0 unspecified atom stereocenters. The van der Waals surface area contributed by atoms with E-state index in [-0.39, 0.29) is 0 Å². The van der Waals surface area contributed by atoms with Gasteiger partial charge in [0.2, 0.25) is 0 Å². The summed E-state index contributed by atoms with van der Waals surface area (Å²) in [5.41, 5.74) is 1.51. The van der Waals surface area contributed by atoms with Gasteiger partial charge in [-0.25, -0.2) is 15.0 Å². The van der Waals surface area contributed by atoms with Gasteiger partial charge >= 0.3 is 0 Å². The molecule has 19 heavy (non-hydrogen) atoms. The molecule has 0 aliphatic heterocycles. The molecule has 3 rings (SSSR count). The Kier molecular flexibility index (Phi) is 3.33. The summed E-state index contributed by atoms with van der Waals surface area (Å²) in [5.74, 6) is 0.848. The number of hydrogen-bond donors (Lipinski definition) is 1. The molecule has 0 saturated carbocycles. The van der Waals surface area contributed by atoms with E-state index in [1.165, 1.54) is 11.8 Å². The molecule has 5 nitrogen and oxygen atoms in total. The van der Waals surface area contributed by atoms with E-state index in [0.717, 1.165) is 16.2 Å². The largest absolute Gasteiger partial charge is 0.493 e. The van der Waals surface area contributed by atoms with Crippen molar-refractivity contribution in [3.63, 3.8) is 0 Å². The molecule has 0 atom stereocenters. The average molecular weight is 272 g/mol. The molecular weight excluding hydrogens is 260 g/mol. The molecule has 0 aliphatic carbocycles. The highest BCUT2D eigenvalue weighted by molar-refractivity contribution is 7.99. The van der Waals surface area contributed by atoms with Gasteiger partial charge in [-0.1, -0.05) is 12.1 Å². The normalized spacial score (nSPS) is 10.8. The van der Waals surface area contributed by atoms with Gasteiger partial charge in [0.05, 0.1) is 24.0 Å². The van der Waals surface area contributed by atoms with Crippen molar-refractivity contribution >= 4 is 22.9 Å². The van der Waals surface area contributed by atoms with Crippen LogP contribution >= 0.6 is 11.8 Å². The van der Waals surface area contributed by atoms with Crippen LogP contribution in [0.2, 0.25) is 0 Å². The van der Waals surface area contributed by atoms with E-state index in [1.54, 1.807) is 12.5 Å². The second kappa shape index (κ2) is 5.27. The zero-order valence-electron chi connectivity index (χ0n) is 10.3. The predicted molar refractivity (Wildman–Crippen MR) is 73.4 cm³/mol. The molecule has 3 aromatic rings. The van der Waals surface area contributed by atoms with E-state index < -0.39 is 0 Å². The summed E-state index contributed by atoms with van der Waals surface area (Å²) in [6, 6.07) is 7.86. The Morgan fingerprint density at radius 3 is 3.05 bits per heavy atom. The summed E-state index contributed by atoms with van der Waals surface area (Å²) in [7, 11) is 0. The highest BCUT2D eigenvalue weighted by Gasteiger charge is 2.08. The van der Waals surface area contributed by atoms with Gasteiger partial charge in [-0.05, 0) is 30.8 Å². The molecule has 1 N–H and O–H groups in total. The summed E-state index contributed by atoms with van der Waals surface area (Å²) in [6.07, 6.45) is 3.35. The van der Waals surface area contributed by atoms with Crippen LogP contribution in [0.4, 0.5) is 0 Å². The Bertz CT molecular complexity index is 698. The van der Waals surface area contributed by atoms with E-state index >= 15 is 0 Å². The maximum atomic E-state index is 5.58. The topological polar surface area (TPSA) is 63.7 Å². The first-order valence-electron chi connectivity index (χ1n) is 5.92. The van der Waals surface area contributed by atoms with Crippen LogP contribution in [0.1, 0.15) is 6.92 Å². The highest BCUT2D eigenvalue weighted by Crippen LogP contribution is 2.33. The number of nitrogens with one attached hydrogen (secondary N) is 1. The molecule has 0 saturated heterocycles. The fourth-order valence-corrected chi connectivity index (χ4v) is 2.49. The van der Waals surface area contributed by atoms with Crippen molar-refractivity contribution in [1.82, 2.24) is 19.9 Å². The molecule has 2 heterocycles. The first-order valence-corrected chi connectivity index (χ1v) is 6.74. The fraction of sp³-hybridized carbons (Fsp3) is 0.154. The molecule has 0 bridgehead atoms. The van der Waals surface area contributed by atoms with E-state index in [1.807, 2.05) is 31.2 Å². The smallest absolute Gasteiger partial charge is 0.194 e. The molecule has 0 spiro atoms. The summed E-state index contributed by atoms with van der Waals surface area (Å²) in [6.45, 7) is 2.60. The van der Waals surface area contributed by atoms with Crippen molar-refractivity contribution < 1.29 is 4.74 Å². The molecule has 6 heteroatoms. The average Bonchev–Trinajstić information content (AvgIpc) is 2.89. The van der Waals surface area contributed by atoms with E-state index in [2.05, 4.69) is 19.9 Å². The van der Waals surface area contributed by atoms with Gasteiger partial charge in [0.1, 0.15) is 11.3 Å². The van der Waals surface area contributed by atoms with Crippen LogP contribution < -0.4 is 4.74 Å². The summed E-state index contributed by atoms with van der Waals surface area (Å²) in [5, 5.41) is 0.659. The zero-order chi connectivity index (χ0) is 13.1. The number of para-hydroxylation sites is 1. The number of aromatic nitrogens is 4. The van der Waals surface area contributed by atoms with Gasteiger partial charge in [-0.3, -0.25) is 0 Å². The van der Waals surface area contributed by atoms with Gasteiger partial charge < -0.3 is 9.72 Å². The van der Waals surface area contributed by atoms with Gasteiger partial charge in [-0.15, -0.1) is 0 Å². The van der Waals surface area contributed by atoms with Gasteiger partial charge in [-0.2, -0.15) is 0 Å². The minimum atomic E-state index is 0.636. The number of ether oxygens (including phenoxy) is 1. The van der Waals surface area contributed by atoms with Crippen molar-refractivity contribution in [1.29, 1.82) is 0 Å². The number of aromatic amines is 1. The number of imidazole rings is 1. The third-order valence-corrected chi connectivity index (χ3v) is 3.44. The Hall–Kier alpha value is -2.08. The Balaban J connectivity index is 1.91. The second-order valence-corrected chi connectivity index (χ2v) is 4.78. The molecule has 2 aromatic heterocycles. The number of hydrogen-bond acceptors (Lipinski definition) is 5. The maximum absolute atomic E-state index is 5.58. The molecule has 0 radical (unpaired) electrons. The molecule has 1 aromatic carbocycles. The third kappa shape index (κ3) is 2.53. The van der Waals surface area contributed by atoms with Crippen LogP contribution in [0.3, 0.4) is 0 Å². The van der Waals surface area contributed by atoms with Crippen molar-refractivity contribution in [2.45, 2.75) is 17.0 Å². The van der Waals surface area contributed by atoms with E-state index in [0.29, 0.717) is 17.4 Å². The van der Waals surface area contributed by atoms with Crippen LogP contribution in [0.5, 0.6) is 5.75 Å². The number of benzene rings is 1. The lowest BCUT2D eigenvalue weighted by molar-refractivity contribution is 0.332. The zero-order valence-corrected chi connectivity index (χ0v) is 11.1. The standard InChI is InChI=1S/C13H12N4OS/c1-2-18-10-5-3-4-6-11(10)19-13-14-7-9-12(17-13)16-8-15-9/h3-8H,2H2,1H3,(H,14,15,16,17). The second-order valence-electron chi connectivity index (χ2n) is 3.77. The van der Waals surface area contributed by atoms with Crippen LogP contribution in [0.15, 0.2) is 46.8 Å². The van der Waals surface area contributed by atoms with Crippen LogP contribution in [0.25, 0.3) is 11.2 Å². The van der Waals surface area contributed by atoms with Crippen LogP contribution in [0, 0.1) is 0 Å². The van der Waals surface area contributed by atoms with Crippen molar-refractivity contribution in [2.24, 2.45) is 0 Å². The van der Waals surface area contributed by atoms with Crippen LogP contribution in [-0.4, -0.2) is 26.5 Å². The lowest BCUT2D eigenvalue weighted by atomic mass is 10.3. The number of H-pyrrole nitrogens is 1. The molecule has 0 aliphatic rings. The number of rotatable bonds is 4. The summed E-state index contributed by atoms with van der Waals surface area (Å²) >= 11 is 1.47. The van der Waals surface area contributed by atoms with Crippen molar-refractivity contribution in [3.05, 3.63) is 36.8 Å². The summed E-state index contributed by atoms with van der Waals surface area (Å²) < 4.78 is 5.58. The quantitative estimate of drug-likeness (QED) is 0.740. The monoisotopic (exact) mass is 272 g/mol. The molecule has 0 amide bonds.